The minimum Gasteiger partial charge on any atom is -0.454 e. The Morgan fingerprint density at radius 3 is 2.17 bits per heavy atom. The summed E-state index contributed by atoms with van der Waals surface area (Å²) in [6, 6.07) is 25.9. The second-order valence-corrected chi connectivity index (χ2v) is 5.63. The van der Waals surface area contributed by atoms with Gasteiger partial charge in [-0.15, -0.1) is 10.2 Å². The van der Waals surface area contributed by atoms with E-state index in [1.807, 2.05) is 85.8 Å². The predicted molar refractivity (Wildman–Crippen MR) is 96.2 cm³/mol. The largest absolute Gasteiger partial charge is 0.454 e. The lowest BCUT2D eigenvalue weighted by molar-refractivity contribution is 0.487. The number of para-hydroxylation sites is 1. The van der Waals surface area contributed by atoms with E-state index in [1.165, 1.54) is 0 Å². The normalized spacial score (nSPS) is 10.7. The first-order chi connectivity index (χ1) is 11.8. The fourth-order valence-corrected chi connectivity index (χ4v) is 2.74. The van der Waals surface area contributed by atoms with Crippen LogP contribution >= 0.6 is 0 Å². The summed E-state index contributed by atoms with van der Waals surface area (Å²) < 4.78 is 6.23. The first kappa shape index (κ1) is 14.4. The standard InChI is InChI=1S/C21H16N2O/c1-15-9-8-14-18-19(15)22-23-20(16-10-4-2-5-11-16)21(18)24-17-12-6-3-7-13-17/h2-14H,1H3. The number of nitrogens with zero attached hydrogens (tertiary/aromatic N) is 2. The quantitative estimate of drug-likeness (QED) is 0.508. The van der Waals surface area contributed by atoms with E-state index in [2.05, 4.69) is 10.2 Å². The van der Waals surface area contributed by atoms with Crippen molar-refractivity contribution in [3.05, 3.63) is 84.4 Å². The van der Waals surface area contributed by atoms with Crippen molar-refractivity contribution < 1.29 is 4.74 Å². The van der Waals surface area contributed by atoms with Crippen molar-refractivity contribution in [3.8, 4) is 22.8 Å². The fourth-order valence-electron chi connectivity index (χ4n) is 2.74. The van der Waals surface area contributed by atoms with Crippen LogP contribution in [0, 0.1) is 6.92 Å². The van der Waals surface area contributed by atoms with Crippen molar-refractivity contribution in [1.29, 1.82) is 0 Å². The predicted octanol–water partition coefficient (Wildman–Crippen LogP) is 5.40. The molecule has 0 saturated heterocycles. The second-order valence-electron chi connectivity index (χ2n) is 5.63. The lowest BCUT2D eigenvalue weighted by atomic mass is 10.1. The van der Waals surface area contributed by atoms with Gasteiger partial charge in [-0.1, -0.05) is 60.7 Å². The SMILES string of the molecule is Cc1cccc2c(Oc3ccccc3)c(-c3ccccc3)nnc12. The molecule has 24 heavy (non-hydrogen) atoms. The highest BCUT2D eigenvalue weighted by atomic mass is 16.5. The van der Waals surface area contributed by atoms with E-state index in [4.69, 9.17) is 4.74 Å². The highest BCUT2D eigenvalue weighted by molar-refractivity contribution is 5.92. The van der Waals surface area contributed by atoms with Crippen LogP contribution in [-0.4, -0.2) is 10.2 Å². The topological polar surface area (TPSA) is 35.0 Å². The molecule has 0 amide bonds. The van der Waals surface area contributed by atoms with Gasteiger partial charge in [-0.25, -0.2) is 0 Å². The molecule has 0 unspecified atom stereocenters. The van der Waals surface area contributed by atoms with Gasteiger partial charge >= 0.3 is 0 Å². The molecule has 0 bridgehead atoms. The molecule has 0 fully saturated rings. The number of hydrogen-bond donors (Lipinski definition) is 0. The first-order valence-corrected chi connectivity index (χ1v) is 7.87. The first-order valence-electron chi connectivity index (χ1n) is 7.87. The van der Waals surface area contributed by atoms with E-state index in [0.717, 1.165) is 39.2 Å². The number of aromatic nitrogens is 2. The molecule has 0 N–H and O–H groups in total. The number of rotatable bonds is 3. The molecule has 0 aliphatic rings. The van der Waals surface area contributed by atoms with Gasteiger partial charge in [0.1, 0.15) is 11.4 Å². The molecule has 3 heteroatoms. The molecule has 4 rings (SSSR count). The van der Waals surface area contributed by atoms with Crippen molar-refractivity contribution in [3.63, 3.8) is 0 Å². The van der Waals surface area contributed by atoms with E-state index < -0.39 is 0 Å². The van der Waals surface area contributed by atoms with E-state index in [0.29, 0.717) is 0 Å². The molecular weight excluding hydrogens is 296 g/mol. The van der Waals surface area contributed by atoms with Gasteiger partial charge in [0.2, 0.25) is 0 Å². The third-order valence-corrected chi connectivity index (χ3v) is 3.96. The van der Waals surface area contributed by atoms with Crippen LogP contribution in [0.15, 0.2) is 78.9 Å². The third kappa shape index (κ3) is 2.61. The highest BCUT2D eigenvalue weighted by Crippen LogP contribution is 2.37. The Morgan fingerprint density at radius 1 is 0.708 bits per heavy atom. The molecule has 1 aromatic heterocycles. The average Bonchev–Trinajstić information content (AvgIpc) is 2.64. The molecule has 3 nitrogen and oxygen atoms in total. The summed E-state index contributed by atoms with van der Waals surface area (Å²) in [6.07, 6.45) is 0. The van der Waals surface area contributed by atoms with E-state index in [1.54, 1.807) is 0 Å². The summed E-state index contributed by atoms with van der Waals surface area (Å²) in [4.78, 5) is 0. The number of hydrogen-bond acceptors (Lipinski definition) is 3. The maximum atomic E-state index is 6.23. The molecule has 1 heterocycles. The van der Waals surface area contributed by atoms with Gasteiger partial charge in [0.15, 0.2) is 5.75 Å². The molecule has 0 atom stereocenters. The Morgan fingerprint density at radius 2 is 1.42 bits per heavy atom. The molecule has 116 valence electrons. The second kappa shape index (κ2) is 6.13. The maximum absolute atomic E-state index is 6.23. The van der Waals surface area contributed by atoms with Gasteiger partial charge in [0.05, 0.1) is 5.52 Å². The minimum atomic E-state index is 0.737. The lowest BCUT2D eigenvalue weighted by Gasteiger charge is -2.13. The molecule has 0 aliphatic carbocycles. The molecule has 0 spiro atoms. The third-order valence-electron chi connectivity index (χ3n) is 3.96. The molecule has 3 aromatic carbocycles. The van der Waals surface area contributed by atoms with Crippen LogP contribution in [0.3, 0.4) is 0 Å². The van der Waals surface area contributed by atoms with Crippen LogP contribution in [0.5, 0.6) is 11.5 Å². The fraction of sp³-hybridized carbons (Fsp3) is 0.0476. The van der Waals surface area contributed by atoms with Crippen molar-refractivity contribution in [1.82, 2.24) is 10.2 Å². The Hall–Kier alpha value is -3.20. The monoisotopic (exact) mass is 312 g/mol. The van der Waals surface area contributed by atoms with Gasteiger partial charge in [-0.2, -0.15) is 0 Å². The highest BCUT2D eigenvalue weighted by Gasteiger charge is 2.15. The summed E-state index contributed by atoms with van der Waals surface area (Å²) in [5, 5.41) is 9.85. The molecule has 0 radical (unpaired) electrons. The maximum Gasteiger partial charge on any atom is 0.165 e. The van der Waals surface area contributed by atoms with Crippen LogP contribution in [-0.2, 0) is 0 Å². The summed E-state index contributed by atoms with van der Waals surface area (Å²) in [7, 11) is 0. The van der Waals surface area contributed by atoms with Crippen LogP contribution in [0.2, 0.25) is 0 Å². The molecule has 0 aliphatic heterocycles. The Balaban J connectivity index is 1.97. The van der Waals surface area contributed by atoms with Crippen molar-refractivity contribution in [2.24, 2.45) is 0 Å². The number of benzene rings is 3. The van der Waals surface area contributed by atoms with E-state index >= 15 is 0 Å². The van der Waals surface area contributed by atoms with Crippen LogP contribution < -0.4 is 4.74 Å². The Labute approximate surface area is 140 Å². The van der Waals surface area contributed by atoms with E-state index in [9.17, 15) is 0 Å². The summed E-state index contributed by atoms with van der Waals surface area (Å²) in [5.74, 6) is 1.52. The minimum absolute atomic E-state index is 0.737. The van der Waals surface area contributed by atoms with Crippen molar-refractivity contribution >= 4 is 10.9 Å². The number of aryl methyl sites for hydroxylation is 1. The van der Waals surface area contributed by atoms with Crippen LogP contribution in [0.4, 0.5) is 0 Å². The Kier molecular flexibility index (Phi) is 3.67. The Bertz CT molecular complexity index is 983. The van der Waals surface area contributed by atoms with Crippen molar-refractivity contribution in [2.75, 3.05) is 0 Å². The summed E-state index contributed by atoms with van der Waals surface area (Å²) >= 11 is 0. The number of fused-ring (bicyclic) bond motifs is 1. The van der Waals surface area contributed by atoms with Gasteiger partial charge < -0.3 is 4.74 Å². The van der Waals surface area contributed by atoms with Gasteiger partial charge in [0.25, 0.3) is 0 Å². The smallest absolute Gasteiger partial charge is 0.165 e. The zero-order chi connectivity index (χ0) is 16.4. The van der Waals surface area contributed by atoms with E-state index in [-0.39, 0.29) is 0 Å². The van der Waals surface area contributed by atoms with Crippen LogP contribution in [0.25, 0.3) is 22.2 Å². The summed E-state index contributed by atoms with van der Waals surface area (Å²) in [5.41, 5.74) is 3.68. The van der Waals surface area contributed by atoms with Gasteiger partial charge in [0, 0.05) is 10.9 Å². The molecule has 4 aromatic rings. The zero-order valence-electron chi connectivity index (χ0n) is 13.3. The van der Waals surface area contributed by atoms with Crippen molar-refractivity contribution in [2.45, 2.75) is 6.92 Å². The van der Waals surface area contributed by atoms with Crippen LogP contribution in [0.1, 0.15) is 5.56 Å². The zero-order valence-corrected chi connectivity index (χ0v) is 13.3. The average molecular weight is 312 g/mol. The number of ether oxygens (including phenoxy) is 1. The lowest BCUT2D eigenvalue weighted by Crippen LogP contribution is -1.97. The molecular formula is C21H16N2O. The van der Waals surface area contributed by atoms with Gasteiger partial charge in [-0.05, 0) is 30.7 Å². The van der Waals surface area contributed by atoms with Gasteiger partial charge in [-0.3, -0.25) is 0 Å². The molecule has 0 saturated carbocycles. The summed E-state index contributed by atoms with van der Waals surface area (Å²) in [6.45, 7) is 2.03.